The van der Waals surface area contributed by atoms with Crippen molar-refractivity contribution in [2.75, 3.05) is 52.9 Å². The third-order valence-electron chi connectivity index (χ3n) is 4.33. The molecule has 0 unspecified atom stereocenters. The predicted octanol–water partition coefficient (Wildman–Crippen LogP) is 2.33. The van der Waals surface area contributed by atoms with E-state index in [2.05, 4.69) is 88.6 Å². The fourth-order valence-corrected chi connectivity index (χ4v) is 2.83. The Kier molecular flexibility index (Phi) is 10.7. The number of hydrogen-bond acceptors (Lipinski definition) is 4. The molecule has 0 spiro atoms. The SMILES string of the molecule is CN(CCNCCNCCNCc1ccccc1)CC1=CCC=CC=C1. The third kappa shape index (κ3) is 9.68. The topological polar surface area (TPSA) is 39.3 Å². The van der Waals surface area contributed by atoms with Crippen molar-refractivity contribution in [3.8, 4) is 0 Å². The summed E-state index contributed by atoms with van der Waals surface area (Å²) in [7, 11) is 2.19. The lowest BCUT2D eigenvalue weighted by atomic mass is 10.2. The molecular weight excluding hydrogens is 320 g/mol. The zero-order valence-electron chi connectivity index (χ0n) is 16.1. The lowest BCUT2D eigenvalue weighted by Gasteiger charge is -2.17. The van der Waals surface area contributed by atoms with Crippen LogP contribution in [0.15, 0.2) is 66.3 Å². The van der Waals surface area contributed by atoms with E-state index in [-0.39, 0.29) is 0 Å². The zero-order chi connectivity index (χ0) is 18.3. The first kappa shape index (κ1) is 20.6. The molecule has 4 heteroatoms. The number of hydrogen-bond donors (Lipinski definition) is 3. The van der Waals surface area contributed by atoms with Crippen LogP contribution in [0.1, 0.15) is 12.0 Å². The van der Waals surface area contributed by atoms with Crippen molar-refractivity contribution in [2.24, 2.45) is 0 Å². The van der Waals surface area contributed by atoms with Crippen LogP contribution in [-0.4, -0.2) is 57.8 Å². The standard InChI is InChI=1S/C22H34N4/c1-26(20-22-11-5-2-3-6-12-22)18-17-24-14-13-23-15-16-25-19-21-9-7-4-8-10-21/h2-5,7-12,23-25H,6,13-20H2,1H3. The van der Waals surface area contributed by atoms with E-state index in [9.17, 15) is 0 Å². The van der Waals surface area contributed by atoms with Gasteiger partial charge in [-0.2, -0.15) is 0 Å². The van der Waals surface area contributed by atoms with Crippen LogP contribution in [0.5, 0.6) is 0 Å². The van der Waals surface area contributed by atoms with Gasteiger partial charge < -0.3 is 20.9 Å². The summed E-state index contributed by atoms with van der Waals surface area (Å²) in [6, 6.07) is 10.5. The third-order valence-corrected chi connectivity index (χ3v) is 4.33. The van der Waals surface area contributed by atoms with Crippen LogP contribution in [0.25, 0.3) is 0 Å². The van der Waals surface area contributed by atoms with E-state index >= 15 is 0 Å². The van der Waals surface area contributed by atoms with Crippen molar-refractivity contribution in [3.05, 3.63) is 71.8 Å². The van der Waals surface area contributed by atoms with E-state index in [0.717, 1.165) is 58.8 Å². The largest absolute Gasteiger partial charge is 0.314 e. The number of nitrogens with zero attached hydrogens (tertiary/aromatic N) is 1. The first-order chi connectivity index (χ1) is 12.8. The van der Waals surface area contributed by atoms with Gasteiger partial charge in [-0.05, 0) is 24.6 Å². The highest BCUT2D eigenvalue weighted by Gasteiger charge is 2.01. The van der Waals surface area contributed by atoms with Crippen LogP contribution in [0.3, 0.4) is 0 Å². The van der Waals surface area contributed by atoms with Crippen molar-refractivity contribution in [3.63, 3.8) is 0 Å². The first-order valence-electron chi connectivity index (χ1n) is 9.71. The van der Waals surface area contributed by atoms with Gasteiger partial charge in [0.15, 0.2) is 0 Å². The molecule has 0 aliphatic heterocycles. The summed E-state index contributed by atoms with van der Waals surface area (Å²) >= 11 is 0. The maximum absolute atomic E-state index is 3.51. The minimum atomic E-state index is 0.939. The fourth-order valence-electron chi connectivity index (χ4n) is 2.83. The molecule has 0 bridgehead atoms. The molecule has 3 N–H and O–H groups in total. The van der Waals surface area contributed by atoms with Gasteiger partial charge in [-0.15, -0.1) is 0 Å². The van der Waals surface area contributed by atoms with E-state index in [4.69, 9.17) is 0 Å². The normalized spacial score (nSPS) is 13.8. The Hall–Kier alpha value is -1.72. The van der Waals surface area contributed by atoms with Crippen molar-refractivity contribution >= 4 is 0 Å². The summed E-state index contributed by atoms with van der Waals surface area (Å²) in [5.74, 6) is 0. The molecule has 4 nitrogen and oxygen atoms in total. The summed E-state index contributed by atoms with van der Waals surface area (Å²) < 4.78 is 0. The number of rotatable bonds is 13. The molecular formula is C22H34N4. The lowest BCUT2D eigenvalue weighted by Crippen LogP contribution is -2.35. The van der Waals surface area contributed by atoms with Crippen LogP contribution >= 0.6 is 0 Å². The highest BCUT2D eigenvalue weighted by molar-refractivity contribution is 5.27. The fraction of sp³-hybridized carbons (Fsp3) is 0.455. The van der Waals surface area contributed by atoms with Crippen LogP contribution in [0.4, 0.5) is 0 Å². The van der Waals surface area contributed by atoms with Crippen molar-refractivity contribution < 1.29 is 0 Å². The predicted molar refractivity (Wildman–Crippen MR) is 112 cm³/mol. The van der Waals surface area contributed by atoms with E-state index in [0.29, 0.717) is 0 Å². The number of benzene rings is 1. The van der Waals surface area contributed by atoms with Gasteiger partial charge >= 0.3 is 0 Å². The Morgan fingerprint density at radius 2 is 1.62 bits per heavy atom. The molecule has 26 heavy (non-hydrogen) atoms. The van der Waals surface area contributed by atoms with Gasteiger partial charge in [-0.1, -0.05) is 60.7 Å². The molecule has 0 saturated carbocycles. The summed E-state index contributed by atoms with van der Waals surface area (Å²) in [5.41, 5.74) is 2.74. The molecule has 1 aromatic rings. The van der Waals surface area contributed by atoms with Crippen LogP contribution < -0.4 is 16.0 Å². The molecule has 0 fully saturated rings. The van der Waals surface area contributed by atoms with Gasteiger partial charge in [-0.3, -0.25) is 0 Å². The Bertz CT molecular complexity index is 563. The van der Waals surface area contributed by atoms with Gasteiger partial charge in [0.25, 0.3) is 0 Å². The van der Waals surface area contributed by atoms with E-state index in [1.165, 1.54) is 11.1 Å². The molecule has 0 saturated heterocycles. The number of allylic oxidation sites excluding steroid dienone is 4. The molecule has 1 aromatic carbocycles. The van der Waals surface area contributed by atoms with Gasteiger partial charge in [0.1, 0.15) is 0 Å². The van der Waals surface area contributed by atoms with Crippen LogP contribution in [0, 0.1) is 0 Å². The van der Waals surface area contributed by atoms with Gasteiger partial charge in [0, 0.05) is 52.4 Å². The Balaban J connectivity index is 1.38. The van der Waals surface area contributed by atoms with Gasteiger partial charge in [0.2, 0.25) is 0 Å². The summed E-state index contributed by atoms with van der Waals surface area (Å²) in [6.07, 6.45) is 12.0. The second-order valence-corrected chi connectivity index (χ2v) is 6.70. The quantitative estimate of drug-likeness (QED) is 0.476. The molecule has 1 aliphatic rings. The van der Waals surface area contributed by atoms with Crippen molar-refractivity contribution in [2.45, 2.75) is 13.0 Å². The van der Waals surface area contributed by atoms with Gasteiger partial charge in [-0.25, -0.2) is 0 Å². The van der Waals surface area contributed by atoms with Gasteiger partial charge in [0.05, 0.1) is 0 Å². The number of likely N-dealkylation sites (N-methyl/N-ethyl adjacent to an activating group) is 1. The molecule has 0 heterocycles. The maximum atomic E-state index is 3.51. The maximum Gasteiger partial charge on any atom is 0.0228 e. The monoisotopic (exact) mass is 354 g/mol. The Morgan fingerprint density at radius 3 is 2.42 bits per heavy atom. The summed E-state index contributed by atoms with van der Waals surface area (Å²) in [4.78, 5) is 2.37. The Morgan fingerprint density at radius 1 is 0.885 bits per heavy atom. The highest BCUT2D eigenvalue weighted by atomic mass is 15.1. The Labute approximate surface area is 159 Å². The minimum Gasteiger partial charge on any atom is -0.314 e. The first-order valence-corrected chi connectivity index (χ1v) is 9.71. The molecule has 1 aliphatic carbocycles. The summed E-state index contributed by atoms with van der Waals surface area (Å²) in [6.45, 7) is 8.07. The smallest absolute Gasteiger partial charge is 0.0228 e. The van der Waals surface area contributed by atoms with E-state index in [1.54, 1.807) is 0 Å². The molecule has 0 radical (unpaired) electrons. The van der Waals surface area contributed by atoms with Crippen molar-refractivity contribution in [1.82, 2.24) is 20.9 Å². The highest BCUT2D eigenvalue weighted by Crippen LogP contribution is 2.06. The summed E-state index contributed by atoms with van der Waals surface area (Å²) in [5, 5.41) is 10.4. The van der Waals surface area contributed by atoms with E-state index < -0.39 is 0 Å². The molecule has 142 valence electrons. The van der Waals surface area contributed by atoms with E-state index in [1.807, 2.05) is 0 Å². The average molecular weight is 355 g/mol. The average Bonchev–Trinajstić information content (AvgIpc) is 2.93. The second kappa shape index (κ2) is 13.5. The lowest BCUT2D eigenvalue weighted by molar-refractivity contribution is 0.360. The molecule has 0 aromatic heterocycles. The molecule has 0 amide bonds. The van der Waals surface area contributed by atoms with Crippen LogP contribution in [0.2, 0.25) is 0 Å². The minimum absolute atomic E-state index is 0.939. The van der Waals surface area contributed by atoms with Crippen molar-refractivity contribution in [1.29, 1.82) is 0 Å². The number of nitrogens with one attached hydrogen (secondary N) is 3. The molecule has 0 atom stereocenters. The molecule has 2 rings (SSSR count). The van der Waals surface area contributed by atoms with Crippen LogP contribution in [-0.2, 0) is 6.54 Å². The second-order valence-electron chi connectivity index (χ2n) is 6.70. The zero-order valence-corrected chi connectivity index (χ0v) is 16.1.